The van der Waals surface area contributed by atoms with E-state index >= 15 is 0 Å². The lowest BCUT2D eigenvalue weighted by molar-refractivity contribution is -0.118. The van der Waals surface area contributed by atoms with Gasteiger partial charge in [-0.25, -0.2) is 0 Å². The van der Waals surface area contributed by atoms with Crippen LogP contribution in [0.25, 0.3) is 0 Å². The quantitative estimate of drug-likeness (QED) is 0.870. The molecule has 6 nitrogen and oxygen atoms in total. The molecule has 2 N–H and O–H groups in total. The Labute approximate surface area is 147 Å². The number of anilines is 2. The summed E-state index contributed by atoms with van der Waals surface area (Å²) in [4.78, 5) is 24.0. The van der Waals surface area contributed by atoms with Crippen LogP contribution in [0, 0.1) is 0 Å². The van der Waals surface area contributed by atoms with Gasteiger partial charge in [0.15, 0.2) is 18.1 Å². The van der Waals surface area contributed by atoms with E-state index in [0.717, 1.165) is 0 Å². The van der Waals surface area contributed by atoms with Gasteiger partial charge in [-0.3, -0.25) is 9.59 Å². The first-order valence-electron chi connectivity index (χ1n) is 6.90. The van der Waals surface area contributed by atoms with Crippen LogP contribution >= 0.6 is 23.2 Å². The van der Waals surface area contributed by atoms with Crippen molar-refractivity contribution in [1.82, 2.24) is 0 Å². The number of halogens is 2. The molecule has 0 bridgehead atoms. The maximum atomic E-state index is 12.6. The second kappa shape index (κ2) is 6.59. The van der Waals surface area contributed by atoms with Crippen molar-refractivity contribution in [3.8, 4) is 11.5 Å². The van der Waals surface area contributed by atoms with E-state index in [0.29, 0.717) is 17.1 Å². The lowest BCUT2D eigenvalue weighted by atomic mass is 10.1. The van der Waals surface area contributed by atoms with Crippen molar-refractivity contribution in [2.45, 2.75) is 0 Å². The number of methoxy groups -OCH3 is 1. The molecule has 124 valence electrons. The highest BCUT2D eigenvalue weighted by Gasteiger charge is 2.23. The molecular weight excluding hydrogens is 355 g/mol. The molecule has 0 aliphatic carbocycles. The van der Waals surface area contributed by atoms with Gasteiger partial charge in [0, 0.05) is 0 Å². The van der Waals surface area contributed by atoms with Crippen molar-refractivity contribution >= 4 is 46.4 Å². The summed E-state index contributed by atoms with van der Waals surface area (Å²) in [5.41, 5.74) is 0.993. The monoisotopic (exact) mass is 366 g/mol. The van der Waals surface area contributed by atoms with Crippen LogP contribution in [0.5, 0.6) is 11.5 Å². The number of ether oxygens (including phenoxy) is 2. The number of rotatable bonds is 3. The number of amides is 2. The molecule has 2 amide bonds. The molecular formula is C16H12Cl2N2O4. The first kappa shape index (κ1) is 16.4. The Morgan fingerprint density at radius 2 is 2.00 bits per heavy atom. The molecule has 3 rings (SSSR count). The van der Waals surface area contributed by atoms with Gasteiger partial charge >= 0.3 is 0 Å². The van der Waals surface area contributed by atoms with E-state index in [1.165, 1.54) is 13.2 Å². The summed E-state index contributed by atoms with van der Waals surface area (Å²) in [7, 11) is 1.40. The largest absolute Gasteiger partial charge is 0.494 e. The molecule has 0 saturated heterocycles. The molecule has 0 unspecified atom stereocenters. The summed E-state index contributed by atoms with van der Waals surface area (Å²) in [6.45, 7) is -0.124. The number of fused-ring (bicyclic) bond motifs is 1. The molecule has 0 atom stereocenters. The Morgan fingerprint density at radius 1 is 1.25 bits per heavy atom. The van der Waals surface area contributed by atoms with Gasteiger partial charge < -0.3 is 20.1 Å². The molecule has 1 aliphatic heterocycles. The first-order chi connectivity index (χ1) is 11.5. The molecule has 2 aromatic rings. The van der Waals surface area contributed by atoms with Crippen LogP contribution in [0.15, 0.2) is 30.3 Å². The lowest BCUT2D eigenvalue weighted by Gasteiger charge is -2.21. The summed E-state index contributed by atoms with van der Waals surface area (Å²) in [5, 5.41) is 5.85. The summed E-state index contributed by atoms with van der Waals surface area (Å²) in [6.07, 6.45) is 0. The van der Waals surface area contributed by atoms with Crippen molar-refractivity contribution in [3.63, 3.8) is 0 Å². The number of carbonyl (C=O) groups excluding carboxylic acids is 2. The molecule has 1 heterocycles. The predicted octanol–water partition coefficient (Wildman–Crippen LogP) is 3.59. The standard InChI is InChI=1S/C16H12Cl2N2O4/c1-23-14-9(18)6-5-8(17)13(14)16(22)20-11-4-2-3-10-15(11)24-7-12(21)19-10/h2-6H,7H2,1H3,(H,19,21)(H,20,22). The Bertz CT molecular complexity index is 839. The summed E-state index contributed by atoms with van der Waals surface area (Å²) in [6, 6.07) is 8.06. The number of hydrogen-bond acceptors (Lipinski definition) is 4. The smallest absolute Gasteiger partial charge is 0.262 e. The van der Waals surface area contributed by atoms with Crippen molar-refractivity contribution in [2.24, 2.45) is 0 Å². The average Bonchev–Trinajstić information content (AvgIpc) is 2.56. The summed E-state index contributed by atoms with van der Waals surface area (Å²) < 4.78 is 10.6. The van der Waals surface area contributed by atoms with E-state index in [4.69, 9.17) is 32.7 Å². The zero-order chi connectivity index (χ0) is 17.3. The van der Waals surface area contributed by atoms with Gasteiger partial charge in [0.25, 0.3) is 11.8 Å². The van der Waals surface area contributed by atoms with Gasteiger partial charge in [-0.2, -0.15) is 0 Å². The maximum absolute atomic E-state index is 12.6. The van der Waals surface area contributed by atoms with Crippen LogP contribution in [0.3, 0.4) is 0 Å². The Hall–Kier alpha value is -2.44. The topological polar surface area (TPSA) is 76.7 Å². The molecule has 0 aromatic heterocycles. The second-order valence-corrected chi connectivity index (χ2v) is 5.73. The molecule has 2 aromatic carbocycles. The van der Waals surface area contributed by atoms with Gasteiger partial charge in [0.1, 0.15) is 5.56 Å². The lowest BCUT2D eigenvalue weighted by Crippen LogP contribution is -2.26. The Morgan fingerprint density at radius 3 is 2.75 bits per heavy atom. The number of benzene rings is 2. The maximum Gasteiger partial charge on any atom is 0.262 e. The van der Waals surface area contributed by atoms with Crippen molar-refractivity contribution in [2.75, 3.05) is 24.4 Å². The van der Waals surface area contributed by atoms with E-state index in [1.807, 2.05) is 0 Å². The van der Waals surface area contributed by atoms with E-state index in [9.17, 15) is 9.59 Å². The molecule has 0 fully saturated rings. The minimum Gasteiger partial charge on any atom is -0.494 e. The zero-order valence-corrected chi connectivity index (χ0v) is 14.0. The number of hydrogen-bond donors (Lipinski definition) is 2. The van der Waals surface area contributed by atoms with E-state index in [2.05, 4.69) is 10.6 Å². The molecule has 8 heteroatoms. The number of carbonyl (C=O) groups is 2. The van der Waals surface area contributed by atoms with Gasteiger partial charge in [0.05, 0.1) is 28.5 Å². The SMILES string of the molecule is COc1c(Cl)ccc(Cl)c1C(=O)Nc1cccc2c1OCC(=O)N2. The predicted molar refractivity (Wildman–Crippen MR) is 91.5 cm³/mol. The second-order valence-electron chi connectivity index (χ2n) is 4.91. The van der Waals surface area contributed by atoms with Crippen LogP contribution in [-0.2, 0) is 4.79 Å². The Balaban J connectivity index is 1.96. The fourth-order valence-electron chi connectivity index (χ4n) is 2.34. The molecule has 0 spiro atoms. The zero-order valence-electron chi connectivity index (χ0n) is 12.5. The average molecular weight is 367 g/mol. The van der Waals surface area contributed by atoms with Crippen LogP contribution in [0.2, 0.25) is 10.0 Å². The third-order valence-corrected chi connectivity index (χ3v) is 3.99. The van der Waals surface area contributed by atoms with Gasteiger partial charge in [0.2, 0.25) is 0 Å². The van der Waals surface area contributed by atoms with Crippen LogP contribution in [0.4, 0.5) is 11.4 Å². The van der Waals surface area contributed by atoms with Crippen LogP contribution in [-0.4, -0.2) is 25.5 Å². The van der Waals surface area contributed by atoms with Crippen molar-refractivity contribution in [1.29, 1.82) is 0 Å². The summed E-state index contributed by atoms with van der Waals surface area (Å²) in [5.74, 6) is -0.206. The highest BCUT2D eigenvalue weighted by molar-refractivity contribution is 6.37. The Kier molecular flexibility index (Phi) is 4.51. The number of para-hydroxylation sites is 1. The van der Waals surface area contributed by atoms with Gasteiger partial charge in [-0.1, -0.05) is 29.3 Å². The highest BCUT2D eigenvalue weighted by atomic mass is 35.5. The normalized spacial score (nSPS) is 12.7. The third kappa shape index (κ3) is 2.98. The molecule has 0 saturated carbocycles. The first-order valence-corrected chi connectivity index (χ1v) is 7.66. The minimum absolute atomic E-state index is 0.115. The van der Waals surface area contributed by atoms with Crippen LogP contribution in [0.1, 0.15) is 10.4 Å². The third-order valence-electron chi connectivity index (χ3n) is 3.37. The fraction of sp³-hybridized carbons (Fsp3) is 0.125. The minimum atomic E-state index is -0.506. The van der Waals surface area contributed by atoms with Crippen molar-refractivity contribution < 1.29 is 19.1 Å². The highest BCUT2D eigenvalue weighted by Crippen LogP contribution is 2.38. The van der Waals surface area contributed by atoms with E-state index in [-0.39, 0.29) is 33.9 Å². The number of nitrogens with one attached hydrogen (secondary N) is 2. The molecule has 1 aliphatic rings. The van der Waals surface area contributed by atoms with Gasteiger partial charge in [-0.15, -0.1) is 0 Å². The van der Waals surface area contributed by atoms with Gasteiger partial charge in [-0.05, 0) is 24.3 Å². The molecule has 0 radical (unpaired) electrons. The molecule has 24 heavy (non-hydrogen) atoms. The fourth-order valence-corrected chi connectivity index (χ4v) is 2.81. The van der Waals surface area contributed by atoms with E-state index in [1.54, 1.807) is 24.3 Å². The summed E-state index contributed by atoms with van der Waals surface area (Å²) >= 11 is 12.2. The van der Waals surface area contributed by atoms with Crippen molar-refractivity contribution in [3.05, 3.63) is 45.9 Å². The van der Waals surface area contributed by atoms with Crippen LogP contribution < -0.4 is 20.1 Å². The van der Waals surface area contributed by atoms with E-state index < -0.39 is 5.91 Å².